The molecule has 2 aromatic rings. The van der Waals surface area contributed by atoms with E-state index in [4.69, 9.17) is 0 Å². The number of alkyl halides is 1. The molecule has 0 bridgehead atoms. The van der Waals surface area contributed by atoms with Gasteiger partial charge in [-0.3, -0.25) is 4.79 Å². The summed E-state index contributed by atoms with van der Waals surface area (Å²) in [4.78, 5) is 10.8. The number of halogens is 2. The van der Waals surface area contributed by atoms with Crippen LogP contribution in [-0.4, -0.2) is 6.29 Å². The van der Waals surface area contributed by atoms with E-state index in [1.807, 2.05) is 11.4 Å². The fourth-order valence-electron chi connectivity index (χ4n) is 1.33. The minimum atomic E-state index is 0.715. The Morgan fingerprint density at radius 1 is 1.43 bits per heavy atom. The first-order chi connectivity index (χ1) is 6.76. The average molecular weight is 334 g/mol. The van der Waals surface area contributed by atoms with Gasteiger partial charge in [0.2, 0.25) is 0 Å². The Morgan fingerprint density at radius 2 is 2.21 bits per heavy atom. The number of thiophene rings is 1. The molecule has 0 saturated heterocycles. The van der Waals surface area contributed by atoms with E-state index >= 15 is 0 Å². The summed E-state index contributed by atoms with van der Waals surface area (Å²) >= 11 is 8.51. The van der Waals surface area contributed by atoms with Gasteiger partial charge in [-0.25, -0.2) is 0 Å². The fourth-order valence-corrected chi connectivity index (χ4v) is 3.42. The fraction of sp³-hybridized carbons (Fsp3) is 0.100. The van der Waals surface area contributed by atoms with Crippen LogP contribution in [0, 0.1) is 0 Å². The quantitative estimate of drug-likeness (QED) is 0.589. The Bertz CT molecular complexity index is 490. The normalized spacial score (nSPS) is 10.7. The molecule has 0 aliphatic heterocycles. The van der Waals surface area contributed by atoms with E-state index in [0.29, 0.717) is 5.33 Å². The minimum absolute atomic E-state index is 0.715. The molecule has 0 aliphatic rings. The third kappa shape index (κ3) is 1.66. The summed E-state index contributed by atoms with van der Waals surface area (Å²) < 4.78 is 2.26. The molecule has 1 heterocycles. The summed E-state index contributed by atoms with van der Waals surface area (Å²) in [5, 5.41) is 3.87. The van der Waals surface area contributed by atoms with Crippen LogP contribution in [-0.2, 0) is 5.33 Å². The highest BCUT2D eigenvalue weighted by atomic mass is 79.9. The van der Waals surface area contributed by atoms with E-state index in [9.17, 15) is 4.79 Å². The summed E-state index contributed by atoms with van der Waals surface area (Å²) in [5.74, 6) is 0. The van der Waals surface area contributed by atoms with Crippen LogP contribution in [0.1, 0.15) is 15.9 Å². The zero-order valence-electron chi connectivity index (χ0n) is 7.09. The van der Waals surface area contributed by atoms with Gasteiger partial charge in [-0.1, -0.05) is 15.9 Å². The largest absolute Gasteiger partial charge is 0.298 e. The minimum Gasteiger partial charge on any atom is -0.298 e. The third-order valence-corrected chi connectivity index (χ3v) is 4.57. The number of benzene rings is 1. The predicted molar refractivity (Wildman–Crippen MR) is 67.5 cm³/mol. The van der Waals surface area contributed by atoms with Crippen molar-refractivity contribution in [2.45, 2.75) is 5.33 Å². The first-order valence-corrected chi connectivity index (χ1v) is 6.76. The molecule has 1 aromatic heterocycles. The molecule has 14 heavy (non-hydrogen) atoms. The molecular weight excluding hydrogens is 328 g/mol. The third-order valence-electron chi connectivity index (χ3n) is 2.06. The summed E-state index contributed by atoms with van der Waals surface area (Å²) in [6, 6.07) is 3.99. The summed E-state index contributed by atoms with van der Waals surface area (Å²) in [7, 11) is 0. The number of carbonyl (C=O) groups is 1. The van der Waals surface area contributed by atoms with Crippen LogP contribution >= 0.6 is 43.2 Å². The van der Waals surface area contributed by atoms with Gasteiger partial charge in [-0.05, 0) is 33.6 Å². The number of hydrogen-bond acceptors (Lipinski definition) is 2. The van der Waals surface area contributed by atoms with Crippen LogP contribution < -0.4 is 0 Å². The summed E-state index contributed by atoms with van der Waals surface area (Å²) in [5.41, 5.74) is 1.80. The van der Waals surface area contributed by atoms with E-state index in [2.05, 4.69) is 37.9 Å². The van der Waals surface area contributed by atoms with E-state index in [1.54, 1.807) is 11.3 Å². The molecule has 1 aromatic carbocycles. The SMILES string of the molecule is O=Cc1cc2c(Br)csc2cc1CBr. The van der Waals surface area contributed by atoms with Crippen molar-refractivity contribution in [1.29, 1.82) is 0 Å². The lowest BCUT2D eigenvalue weighted by Crippen LogP contribution is -1.88. The Hall–Kier alpha value is -0.190. The lowest BCUT2D eigenvalue weighted by molar-refractivity contribution is 0.112. The zero-order chi connectivity index (χ0) is 10.1. The van der Waals surface area contributed by atoms with Gasteiger partial charge < -0.3 is 0 Å². The molecule has 4 heteroatoms. The van der Waals surface area contributed by atoms with E-state index in [0.717, 1.165) is 27.3 Å². The van der Waals surface area contributed by atoms with Gasteiger partial charge in [-0.2, -0.15) is 0 Å². The number of hydrogen-bond donors (Lipinski definition) is 0. The average Bonchev–Trinajstić information content (AvgIpc) is 2.58. The molecule has 0 amide bonds. The first-order valence-electron chi connectivity index (χ1n) is 3.97. The van der Waals surface area contributed by atoms with Crippen molar-refractivity contribution < 1.29 is 4.79 Å². The van der Waals surface area contributed by atoms with E-state index in [-0.39, 0.29) is 0 Å². The van der Waals surface area contributed by atoms with E-state index in [1.165, 1.54) is 4.70 Å². The summed E-state index contributed by atoms with van der Waals surface area (Å²) in [6.45, 7) is 0. The Balaban J connectivity index is 2.77. The Morgan fingerprint density at radius 3 is 2.86 bits per heavy atom. The maximum Gasteiger partial charge on any atom is 0.150 e. The number of rotatable bonds is 2. The molecule has 0 fully saturated rings. The van der Waals surface area contributed by atoms with Crippen LogP contribution in [0.5, 0.6) is 0 Å². The van der Waals surface area contributed by atoms with Crippen molar-refractivity contribution >= 4 is 59.6 Å². The first kappa shape index (κ1) is 10.3. The number of carbonyl (C=O) groups excluding carboxylic acids is 1. The van der Waals surface area contributed by atoms with Crippen molar-refractivity contribution in [3.63, 3.8) is 0 Å². The van der Waals surface area contributed by atoms with Crippen LogP contribution in [0.4, 0.5) is 0 Å². The van der Waals surface area contributed by atoms with Crippen LogP contribution in [0.2, 0.25) is 0 Å². The van der Waals surface area contributed by atoms with Crippen molar-refractivity contribution in [3.8, 4) is 0 Å². The molecule has 0 atom stereocenters. The van der Waals surface area contributed by atoms with Gasteiger partial charge >= 0.3 is 0 Å². The Labute approximate surface area is 102 Å². The number of aldehydes is 1. The maximum atomic E-state index is 10.8. The summed E-state index contributed by atoms with van der Waals surface area (Å²) in [6.07, 6.45) is 0.903. The number of fused-ring (bicyclic) bond motifs is 1. The molecular formula is C10H6Br2OS. The van der Waals surface area contributed by atoms with Crippen molar-refractivity contribution in [1.82, 2.24) is 0 Å². The molecule has 0 spiro atoms. The van der Waals surface area contributed by atoms with Crippen molar-refractivity contribution in [2.75, 3.05) is 0 Å². The second-order valence-corrected chi connectivity index (χ2v) is 5.21. The molecule has 1 nitrogen and oxygen atoms in total. The zero-order valence-corrected chi connectivity index (χ0v) is 11.1. The molecule has 2 rings (SSSR count). The topological polar surface area (TPSA) is 17.1 Å². The molecule has 0 saturated carbocycles. The Kier molecular flexibility index (Phi) is 3.04. The monoisotopic (exact) mass is 332 g/mol. The van der Waals surface area contributed by atoms with E-state index < -0.39 is 0 Å². The molecule has 0 unspecified atom stereocenters. The van der Waals surface area contributed by atoms with Crippen LogP contribution in [0.25, 0.3) is 10.1 Å². The highest BCUT2D eigenvalue weighted by Gasteiger charge is 2.07. The van der Waals surface area contributed by atoms with Gasteiger partial charge in [0, 0.05) is 30.8 Å². The maximum absolute atomic E-state index is 10.8. The lowest BCUT2D eigenvalue weighted by atomic mass is 10.1. The molecule has 0 N–H and O–H groups in total. The highest BCUT2D eigenvalue weighted by molar-refractivity contribution is 9.10. The van der Waals surface area contributed by atoms with Gasteiger partial charge in [-0.15, -0.1) is 11.3 Å². The predicted octanol–water partition coefficient (Wildman–Crippen LogP) is 4.37. The highest BCUT2D eigenvalue weighted by Crippen LogP contribution is 2.32. The van der Waals surface area contributed by atoms with Gasteiger partial charge in [0.1, 0.15) is 6.29 Å². The lowest BCUT2D eigenvalue weighted by Gasteiger charge is -2.00. The molecule has 0 radical (unpaired) electrons. The molecule has 72 valence electrons. The smallest absolute Gasteiger partial charge is 0.150 e. The van der Waals surface area contributed by atoms with Crippen molar-refractivity contribution in [2.24, 2.45) is 0 Å². The van der Waals surface area contributed by atoms with Crippen molar-refractivity contribution in [3.05, 3.63) is 33.1 Å². The van der Waals surface area contributed by atoms with Gasteiger partial charge in [0.25, 0.3) is 0 Å². The molecule has 0 aliphatic carbocycles. The van der Waals surface area contributed by atoms with Crippen LogP contribution in [0.3, 0.4) is 0 Å². The van der Waals surface area contributed by atoms with Gasteiger partial charge in [0.05, 0.1) is 0 Å². The second-order valence-electron chi connectivity index (χ2n) is 2.88. The second kappa shape index (κ2) is 4.13. The van der Waals surface area contributed by atoms with Crippen LogP contribution in [0.15, 0.2) is 22.0 Å². The standard InChI is InChI=1S/C10H6Br2OS/c11-3-6-2-10-8(1-7(6)4-13)9(12)5-14-10/h1-2,4-5H,3H2. The van der Waals surface area contributed by atoms with Gasteiger partial charge in [0.15, 0.2) is 0 Å².